The number of ether oxygens (including phenoxy) is 2. The molecule has 1 rings (SSSR count). The van der Waals surface area contributed by atoms with Crippen LogP contribution in [0.5, 0.6) is 0 Å². The molecule has 0 N–H and O–H groups in total. The van der Waals surface area contributed by atoms with Gasteiger partial charge < -0.3 is 9.47 Å². The molecule has 1 unspecified atom stereocenters. The summed E-state index contributed by atoms with van der Waals surface area (Å²) in [6, 6.07) is 9.76. The van der Waals surface area contributed by atoms with Gasteiger partial charge in [-0.15, -0.1) is 0 Å². The molecule has 0 heterocycles. The summed E-state index contributed by atoms with van der Waals surface area (Å²) in [5, 5.41) is 0. The Morgan fingerprint density at radius 2 is 1.30 bits per heavy atom. The van der Waals surface area contributed by atoms with Crippen LogP contribution in [0.25, 0.3) is 0 Å². The van der Waals surface area contributed by atoms with Crippen molar-refractivity contribution in [3.05, 3.63) is 35.9 Å². The van der Waals surface area contributed by atoms with E-state index in [1.54, 1.807) is 0 Å². The van der Waals surface area contributed by atoms with Gasteiger partial charge in [0.15, 0.2) is 5.92 Å². The van der Waals surface area contributed by atoms with Crippen LogP contribution in [0.2, 0.25) is 0 Å². The van der Waals surface area contributed by atoms with Crippen LogP contribution in [-0.2, 0) is 19.1 Å². The normalized spacial score (nSPS) is 12.0. The first-order chi connectivity index (χ1) is 13.2. The maximum absolute atomic E-state index is 12.8. The Bertz CT molecular complexity index is 502. The van der Waals surface area contributed by atoms with Gasteiger partial charge in [0, 0.05) is 5.92 Å². The first kappa shape index (κ1) is 23.2. The Morgan fingerprint density at radius 3 is 1.74 bits per heavy atom. The van der Waals surface area contributed by atoms with Crippen LogP contribution in [0.15, 0.2) is 30.3 Å². The van der Waals surface area contributed by atoms with Crippen molar-refractivity contribution in [3.8, 4) is 0 Å². The second kappa shape index (κ2) is 14.2. The molecule has 0 bridgehead atoms. The number of hydrogen-bond donors (Lipinski definition) is 0. The van der Waals surface area contributed by atoms with Crippen molar-refractivity contribution in [2.75, 3.05) is 13.2 Å². The largest absolute Gasteiger partial charge is 0.465 e. The molecule has 0 aliphatic rings. The van der Waals surface area contributed by atoms with Gasteiger partial charge in [-0.3, -0.25) is 9.59 Å². The Kier molecular flexibility index (Phi) is 12.2. The van der Waals surface area contributed by atoms with Crippen LogP contribution in [0.4, 0.5) is 0 Å². The summed E-state index contributed by atoms with van der Waals surface area (Å²) in [4.78, 5) is 25.6. The van der Waals surface area contributed by atoms with Crippen LogP contribution in [0.3, 0.4) is 0 Å². The third-order valence-corrected chi connectivity index (χ3v) is 4.72. The molecule has 0 saturated heterocycles. The number of carbonyl (C=O) groups excluding carboxylic acids is 2. The predicted molar refractivity (Wildman–Crippen MR) is 109 cm³/mol. The van der Waals surface area contributed by atoms with E-state index >= 15 is 0 Å². The fourth-order valence-corrected chi connectivity index (χ4v) is 3.19. The van der Waals surface area contributed by atoms with Crippen molar-refractivity contribution in [2.45, 2.75) is 78.1 Å². The molecule has 0 aliphatic heterocycles. The second-order valence-corrected chi connectivity index (χ2v) is 7.03. The minimum Gasteiger partial charge on any atom is -0.465 e. The van der Waals surface area contributed by atoms with Gasteiger partial charge in [0.05, 0.1) is 13.2 Å². The van der Waals surface area contributed by atoms with Crippen molar-refractivity contribution in [3.63, 3.8) is 0 Å². The summed E-state index contributed by atoms with van der Waals surface area (Å²) in [5.74, 6) is -2.01. The lowest BCUT2D eigenvalue weighted by Crippen LogP contribution is -2.34. The number of esters is 2. The van der Waals surface area contributed by atoms with Gasteiger partial charge in [-0.1, -0.05) is 83.2 Å². The molecule has 4 heteroatoms. The number of hydrogen-bond acceptors (Lipinski definition) is 4. The van der Waals surface area contributed by atoms with Crippen LogP contribution in [0, 0.1) is 5.92 Å². The Labute approximate surface area is 164 Å². The van der Waals surface area contributed by atoms with E-state index in [2.05, 4.69) is 20.8 Å². The minimum absolute atomic E-state index is 0.214. The Hall–Kier alpha value is -1.84. The fraction of sp³-hybridized carbons (Fsp3) is 0.652. The number of carbonyl (C=O) groups is 2. The summed E-state index contributed by atoms with van der Waals surface area (Å²) in [6.45, 7) is 6.99. The van der Waals surface area contributed by atoms with Crippen molar-refractivity contribution < 1.29 is 19.1 Å². The maximum Gasteiger partial charge on any atom is 0.320 e. The molecule has 1 aromatic rings. The molecular weight excluding hydrogens is 340 g/mol. The third kappa shape index (κ3) is 8.59. The van der Waals surface area contributed by atoms with E-state index in [-0.39, 0.29) is 5.92 Å². The standard InChI is InChI=1S/C23H36O4/c1-4-7-12-17-26-22(24)21(23(25)27-18-13-8-5-2)20(14-6-3)19-15-10-9-11-16-19/h9-11,15-16,20-21H,4-8,12-14,17-18H2,1-3H3. The van der Waals surface area contributed by atoms with Gasteiger partial charge in [-0.25, -0.2) is 0 Å². The van der Waals surface area contributed by atoms with E-state index in [9.17, 15) is 9.59 Å². The smallest absolute Gasteiger partial charge is 0.320 e. The number of unbranched alkanes of at least 4 members (excludes halogenated alkanes) is 4. The molecule has 0 fully saturated rings. The topological polar surface area (TPSA) is 52.6 Å². The molecule has 1 aromatic carbocycles. The molecule has 152 valence electrons. The van der Waals surface area contributed by atoms with E-state index in [1.807, 2.05) is 30.3 Å². The highest BCUT2D eigenvalue weighted by Crippen LogP contribution is 2.31. The van der Waals surface area contributed by atoms with Gasteiger partial charge in [-0.2, -0.15) is 0 Å². The zero-order valence-corrected chi connectivity index (χ0v) is 17.2. The number of rotatable bonds is 14. The Balaban J connectivity index is 2.91. The lowest BCUT2D eigenvalue weighted by molar-refractivity contribution is -0.163. The number of benzene rings is 1. The first-order valence-electron chi connectivity index (χ1n) is 10.5. The van der Waals surface area contributed by atoms with Crippen LogP contribution >= 0.6 is 0 Å². The summed E-state index contributed by atoms with van der Waals surface area (Å²) < 4.78 is 10.9. The van der Waals surface area contributed by atoms with Crippen molar-refractivity contribution in [2.24, 2.45) is 5.92 Å². The summed E-state index contributed by atoms with van der Waals surface area (Å²) in [7, 11) is 0. The van der Waals surface area contributed by atoms with Crippen LogP contribution in [-0.4, -0.2) is 25.2 Å². The SMILES string of the molecule is CCCCCOC(=O)C(C(=O)OCCCCC)C(CCC)c1ccccc1. The molecule has 4 nitrogen and oxygen atoms in total. The molecule has 0 saturated carbocycles. The van der Waals surface area contributed by atoms with Crippen LogP contribution < -0.4 is 0 Å². The quantitative estimate of drug-likeness (QED) is 0.239. The molecule has 0 spiro atoms. The average molecular weight is 377 g/mol. The Morgan fingerprint density at radius 1 is 0.778 bits per heavy atom. The molecular formula is C23H36O4. The average Bonchev–Trinajstić information content (AvgIpc) is 2.69. The molecule has 0 aromatic heterocycles. The first-order valence-corrected chi connectivity index (χ1v) is 10.5. The lowest BCUT2D eigenvalue weighted by atomic mass is 9.82. The maximum atomic E-state index is 12.8. The molecule has 27 heavy (non-hydrogen) atoms. The van der Waals surface area contributed by atoms with Gasteiger partial charge in [0.25, 0.3) is 0 Å². The zero-order valence-electron chi connectivity index (χ0n) is 17.2. The van der Waals surface area contributed by atoms with Gasteiger partial charge in [-0.05, 0) is 24.8 Å². The summed E-state index contributed by atoms with van der Waals surface area (Å²) in [6.07, 6.45) is 7.40. The van der Waals surface area contributed by atoms with Crippen LogP contribution in [0.1, 0.15) is 83.6 Å². The zero-order chi connectivity index (χ0) is 19.9. The van der Waals surface area contributed by atoms with E-state index in [4.69, 9.17) is 9.47 Å². The monoisotopic (exact) mass is 376 g/mol. The van der Waals surface area contributed by atoms with E-state index in [0.717, 1.165) is 56.9 Å². The lowest BCUT2D eigenvalue weighted by Gasteiger charge is -2.24. The molecule has 0 aliphatic carbocycles. The highest BCUT2D eigenvalue weighted by Gasteiger charge is 2.38. The van der Waals surface area contributed by atoms with Gasteiger partial charge >= 0.3 is 11.9 Å². The molecule has 0 radical (unpaired) electrons. The minimum atomic E-state index is -0.893. The van der Waals surface area contributed by atoms with Crippen molar-refractivity contribution in [1.29, 1.82) is 0 Å². The summed E-state index contributed by atoms with van der Waals surface area (Å²) in [5.41, 5.74) is 0.986. The fourth-order valence-electron chi connectivity index (χ4n) is 3.19. The second-order valence-electron chi connectivity index (χ2n) is 7.03. The summed E-state index contributed by atoms with van der Waals surface area (Å²) >= 11 is 0. The van der Waals surface area contributed by atoms with Crippen molar-refractivity contribution >= 4 is 11.9 Å². The highest BCUT2D eigenvalue weighted by atomic mass is 16.6. The molecule has 0 amide bonds. The third-order valence-electron chi connectivity index (χ3n) is 4.72. The van der Waals surface area contributed by atoms with Crippen molar-refractivity contribution in [1.82, 2.24) is 0 Å². The van der Waals surface area contributed by atoms with Gasteiger partial charge in [0.1, 0.15) is 0 Å². The van der Waals surface area contributed by atoms with E-state index < -0.39 is 17.9 Å². The van der Waals surface area contributed by atoms with Gasteiger partial charge in [0.2, 0.25) is 0 Å². The highest BCUT2D eigenvalue weighted by molar-refractivity contribution is 5.96. The van der Waals surface area contributed by atoms with E-state index in [0.29, 0.717) is 13.2 Å². The molecule has 1 atom stereocenters. The van der Waals surface area contributed by atoms with E-state index in [1.165, 1.54) is 0 Å². The predicted octanol–water partition coefficient (Wildman–Crippen LogP) is 5.65.